The van der Waals surface area contributed by atoms with E-state index in [1.807, 2.05) is 92.0 Å². The van der Waals surface area contributed by atoms with Gasteiger partial charge in [-0.3, -0.25) is 4.79 Å². The van der Waals surface area contributed by atoms with Crippen LogP contribution < -0.4 is 20.7 Å². The number of thiocarbonyl (C=S) groups is 1. The first-order valence-electron chi connectivity index (χ1n) is 11.2. The molecule has 1 aromatic heterocycles. The van der Waals surface area contributed by atoms with Crippen molar-refractivity contribution in [2.75, 3.05) is 23.1 Å². The van der Waals surface area contributed by atoms with Crippen LogP contribution in [0.1, 0.15) is 12.5 Å². The number of aryl methyl sites for hydroxylation is 1. The predicted octanol–water partition coefficient (Wildman–Crippen LogP) is 7.06. The Hall–Kier alpha value is -3.40. The van der Waals surface area contributed by atoms with Crippen LogP contribution in [0.4, 0.5) is 16.5 Å². The van der Waals surface area contributed by atoms with Gasteiger partial charge in [-0.05, 0) is 80.7 Å². The van der Waals surface area contributed by atoms with E-state index in [9.17, 15) is 4.79 Å². The van der Waals surface area contributed by atoms with Crippen LogP contribution in [0.5, 0.6) is 5.75 Å². The van der Waals surface area contributed by atoms with Crippen LogP contribution in [-0.2, 0) is 4.79 Å². The molecule has 0 bridgehead atoms. The molecule has 6 nitrogen and oxygen atoms in total. The number of benzene rings is 3. The van der Waals surface area contributed by atoms with Gasteiger partial charge in [0.05, 0.1) is 18.1 Å². The Morgan fingerprint density at radius 1 is 1.00 bits per heavy atom. The molecule has 0 radical (unpaired) electrons. The molecule has 1 amide bonds. The van der Waals surface area contributed by atoms with Crippen molar-refractivity contribution < 1.29 is 9.53 Å². The smallest absolute Gasteiger partial charge is 0.239 e. The fourth-order valence-corrected chi connectivity index (χ4v) is 5.15. The van der Waals surface area contributed by atoms with Crippen molar-refractivity contribution in [3.63, 3.8) is 0 Å². The summed E-state index contributed by atoms with van der Waals surface area (Å²) in [6, 6.07) is 23.5. The van der Waals surface area contributed by atoms with Crippen LogP contribution in [0.2, 0.25) is 0 Å². The number of hydrogen-bond donors (Lipinski definition) is 3. The molecule has 0 aliphatic rings. The first-order chi connectivity index (χ1) is 17.4. The predicted molar refractivity (Wildman–Crippen MR) is 156 cm³/mol. The number of methoxy groups -OCH3 is 1. The number of rotatable bonds is 8. The highest BCUT2D eigenvalue weighted by atomic mass is 32.2. The van der Waals surface area contributed by atoms with Gasteiger partial charge in [-0.1, -0.05) is 23.8 Å². The Balaban J connectivity index is 1.32. The van der Waals surface area contributed by atoms with Gasteiger partial charge in [0.2, 0.25) is 5.91 Å². The van der Waals surface area contributed by atoms with Crippen LogP contribution in [0.15, 0.2) is 83.1 Å². The number of nitrogens with one attached hydrogen (secondary N) is 3. The lowest BCUT2D eigenvalue weighted by molar-refractivity contribution is -0.115. The second-order valence-corrected chi connectivity index (χ2v) is 10.7. The first kappa shape index (κ1) is 25.7. The molecule has 1 atom stereocenters. The number of anilines is 3. The summed E-state index contributed by atoms with van der Waals surface area (Å²) >= 11 is 8.32. The number of carbonyl (C=O) groups excluding carboxylic acids is 1. The van der Waals surface area contributed by atoms with E-state index >= 15 is 0 Å². The summed E-state index contributed by atoms with van der Waals surface area (Å²) in [6.45, 7) is 3.92. The second kappa shape index (κ2) is 12.0. The van der Waals surface area contributed by atoms with Crippen LogP contribution in [0, 0.1) is 6.92 Å². The molecular weight excluding hydrogens is 509 g/mol. The van der Waals surface area contributed by atoms with E-state index in [1.165, 1.54) is 28.7 Å². The maximum atomic E-state index is 12.8. The maximum Gasteiger partial charge on any atom is 0.239 e. The minimum atomic E-state index is -0.314. The molecule has 1 heterocycles. The topological polar surface area (TPSA) is 75.3 Å². The van der Waals surface area contributed by atoms with Gasteiger partial charge in [-0.25, -0.2) is 4.98 Å². The normalized spacial score (nSPS) is 11.4. The second-order valence-electron chi connectivity index (χ2n) is 7.99. The zero-order valence-corrected chi connectivity index (χ0v) is 22.5. The van der Waals surface area contributed by atoms with Crippen LogP contribution in [-0.4, -0.2) is 28.4 Å². The SMILES string of the molecule is COc1ccc(-c2csc(NC(=O)C(C)Sc3cccc(NC(=S)Nc4ccc(C)cc4)c3)n2)cc1. The summed E-state index contributed by atoms with van der Waals surface area (Å²) in [7, 11) is 1.64. The third-order valence-electron chi connectivity index (χ3n) is 5.20. The summed E-state index contributed by atoms with van der Waals surface area (Å²) in [5.41, 5.74) is 4.74. The summed E-state index contributed by atoms with van der Waals surface area (Å²) in [6.07, 6.45) is 0. The molecule has 0 fully saturated rings. The number of nitrogens with zero attached hydrogens (tertiary/aromatic N) is 1. The van der Waals surface area contributed by atoms with Crippen molar-refractivity contribution in [3.05, 3.63) is 83.7 Å². The molecule has 3 aromatic carbocycles. The monoisotopic (exact) mass is 534 g/mol. The fraction of sp³-hybridized carbons (Fsp3) is 0.148. The van der Waals surface area contributed by atoms with E-state index in [4.69, 9.17) is 17.0 Å². The number of hydrogen-bond acceptors (Lipinski definition) is 6. The van der Waals surface area contributed by atoms with Crippen molar-refractivity contribution in [1.82, 2.24) is 4.98 Å². The number of ether oxygens (including phenoxy) is 1. The highest BCUT2D eigenvalue weighted by molar-refractivity contribution is 8.00. The molecule has 0 saturated carbocycles. The van der Waals surface area contributed by atoms with Gasteiger partial charge in [-0.2, -0.15) is 0 Å². The molecule has 4 aromatic rings. The summed E-state index contributed by atoms with van der Waals surface area (Å²) in [5.74, 6) is 0.683. The standard InChI is InChI=1S/C27H26N4O2S3/c1-17-7-11-20(12-8-17)28-26(34)29-21-5-4-6-23(15-21)36-18(2)25(32)31-27-30-24(16-35-27)19-9-13-22(33-3)14-10-19/h4-16,18H,1-3H3,(H2,28,29,34)(H,30,31,32). The van der Waals surface area contributed by atoms with Gasteiger partial charge in [0, 0.05) is 27.2 Å². The largest absolute Gasteiger partial charge is 0.497 e. The maximum absolute atomic E-state index is 12.8. The Labute approximate surface area is 224 Å². The van der Waals surface area contributed by atoms with Gasteiger partial charge in [-0.15, -0.1) is 23.1 Å². The average Bonchev–Trinajstić information content (AvgIpc) is 3.34. The Kier molecular flexibility index (Phi) is 8.58. The van der Waals surface area contributed by atoms with Gasteiger partial charge < -0.3 is 20.7 Å². The molecule has 0 saturated heterocycles. The van der Waals surface area contributed by atoms with E-state index in [-0.39, 0.29) is 11.2 Å². The third-order valence-corrected chi connectivity index (χ3v) is 7.26. The summed E-state index contributed by atoms with van der Waals surface area (Å²) in [4.78, 5) is 18.3. The van der Waals surface area contributed by atoms with E-state index in [2.05, 4.69) is 20.9 Å². The number of carbonyl (C=O) groups is 1. The molecule has 36 heavy (non-hydrogen) atoms. The van der Waals surface area contributed by atoms with Crippen molar-refractivity contribution in [3.8, 4) is 17.0 Å². The molecule has 184 valence electrons. The number of amides is 1. The fourth-order valence-electron chi connectivity index (χ4n) is 3.27. The number of thiazole rings is 1. The minimum Gasteiger partial charge on any atom is -0.497 e. The minimum absolute atomic E-state index is 0.106. The van der Waals surface area contributed by atoms with Crippen molar-refractivity contribution in [1.29, 1.82) is 0 Å². The zero-order chi connectivity index (χ0) is 25.5. The van der Waals surface area contributed by atoms with E-state index in [1.54, 1.807) is 7.11 Å². The third kappa shape index (κ3) is 7.07. The van der Waals surface area contributed by atoms with Gasteiger partial charge in [0.25, 0.3) is 0 Å². The molecule has 0 spiro atoms. The number of thioether (sulfide) groups is 1. The lowest BCUT2D eigenvalue weighted by atomic mass is 10.2. The van der Waals surface area contributed by atoms with Crippen LogP contribution in [0.3, 0.4) is 0 Å². The summed E-state index contributed by atoms with van der Waals surface area (Å²) in [5, 5.41) is 12.0. The van der Waals surface area contributed by atoms with Crippen molar-refractivity contribution >= 4 is 62.8 Å². The Morgan fingerprint density at radius 3 is 2.44 bits per heavy atom. The van der Waals surface area contributed by atoms with Crippen molar-refractivity contribution in [2.45, 2.75) is 24.0 Å². The molecule has 1 unspecified atom stereocenters. The van der Waals surface area contributed by atoms with Gasteiger partial charge in [0.15, 0.2) is 10.2 Å². The molecular formula is C27H26N4O2S3. The Bertz CT molecular complexity index is 1340. The molecule has 4 rings (SSSR count). The van der Waals surface area contributed by atoms with Crippen LogP contribution in [0.25, 0.3) is 11.3 Å². The van der Waals surface area contributed by atoms with Crippen molar-refractivity contribution in [2.24, 2.45) is 0 Å². The van der Waals surface area contributed by atoms with Gasteiger partial charge >= 0.3 is 0 Å². The lowest BCUT2D eigenvalue weighted by Gasteiger charge is -2.13. The molecule has 3 N–H and O–H groups in total. The lowest BCUT2D eigenvalue weighted by Crippen LogP contribution is -2.22. The average molecular weight is 535 g/mol. The summed E-state index contributed by atoms with van der Waals surface area (Å²) < 4.78 is 5.20. The van der Waals surface area contributed by atoms with Gasteiger partial charge in [0.1, 0.15) is 5.75 Å². The first-order valence-corrected chi connectivity index (χ1v) is 13.4. The highest BCUT2D eigenvalue weighted by Gasteiger charge is 2.17. The molecule has 0 aliphatic heterocycles. The van der Waals surface area contributed by atoms with Crippen LogP contribution >= 0.6 is 35.3 Å². The highest BCUT2D eigenvalue weighted by Crippen LogP contribution is 2.29. The molecule has 0 aliphatic carbocycles. The zero-order valence-electron chi connectivity index (χ0n) is 20.1. The quantitative estimate of drug-likeness (QED) is 0.165. The number of aromatic nitrogens is 1. The van der Waals surface area contributed by atoms with E-state index in [0.717, 1.165) is 33.3 Å². The Morgan fingerprint density at radius 2 is 1.72 bits per heavy atom. The molecule has 9 heteroatoms. The van der Waals surface area contributed by atoms with E-state index in [0.29, 0.717) is 10.2 Å². The van der Waals surface area contributed by atoms with E-state index < -0.39 is 0 Å².